The van der Waals surface area contributed by atoms with Gasteiger partial charge < -0.3 is 15.8 Å². The van der Waals surface area contributed by atoms with Crippen molar-refractivity contribution < 1.29 is 9.53 Å². The highest BCUT2D eigenvalue weighted by Gasteiger charge is 2.17. The van der Waals surface area contributed by atoms with Gasteiger partial charge in [0.2, 0.25) is 0 Å². The lowest BCUT2D eigenvalue weighted by Crippen LogP contribution is -2.38. The van der Waals surface area contributed by atoms with Gasteiger partial charge in [-0.1, -0.05) is 31.5 Å². The highest BCUT2D eigenvalue weighted by atomic mass is 16.5. The maximum atomic E-state index is 11.9. The predicted octanol–water partition coefficient (Wildman–Crippen LogP) is 2.55. The van der Waals surface area contributed by atoms with Crippen LogP contribution in [0.4, 0.5) is 0 Å². The fraction of sp³-hybridized carbons (Fsp3) is 0.562. The minimum Gasteiger partial charge on any atom is -0.481 e. The van der Waals surface area contributed by atoms with Crippen LogP contribution in [0.5, 0.6) is 5.75 Å². The molecule has 0 aliphatic rings. The number of carbonyl (C=O) groups is 1. The predicted molar refractivity (Wildman–Crippen MR) is 81.7 cm³/mol. The Kier molecular flexibility index (Phi) is 6.02. The lowest BCUT2D eigenvalue weighted by Gasteiger charge is -2.19. The number of hydrogen-bond acceptors (Lipinski definition) is 3. The summed E-state index contributed by atoms with van der Waals surface area (Å²) in [6.07, 6.45) is -0.533. The number of aryl methyl sites for hydroxylation is 1. The molecule has 0 spiro atoms. The molecule has 1 aromatic rings. The molecule has 1 aromatic carbocycles. The maximum absolute atomic E-state index is 11.9. The van der Waals surface area contributed by atoms with E-state index in [-0.39, 0.29) is 11.9 Å². The molecule has 4 nitrogen and oxygen atoms in total. The fourth-order valence-corrected chi connectivity index (χ4v) is 1.82. The van der Waals surface area contributed by atoms with Crippen molar-refractivity contribution in [2.75, 3.05) is 6.54 Å². The van der Waals surface area contributed by atoms with Crippen LogP contribution >= 0.6 is 0 Å². The van der Waals surface area contributed by atoms with Crippen LogP contribution in [-0.2, 0) is 4.79 Å². The van der Waals surface area contributed by atoms with E-state index in [9.17, 15) is 4.79 Å². The van der Waals surface area contributed by atoms with Crippen LogP contribution in [0.25, 0.3) is 0 Å². The van der Waals surface area contributed by atoms with E-state index in [0.29, 0.717) is 18.2 Å². The highest BCUT2D eigenvalue weighted by molar-refractivity contribution is 5.80. The Labute approximate surface area is 121 Å². The molecule has 2 unspecified atom stereocenters. The lowest BCUT2D eigenvalue weighted by atomic mass is 10.1. The zero-order valence-corrected chi connectivity index (χ0v) is 13.1. The third-order valence-corrected chi connectivity index (χ3v) is 3.01. The second-order valence-corrected chi connectivity index (χ2v) is 5.73. The van der Waals surface area contributed by atoms with Crippen LogP contribution in [-0.4, -0.2) is 18.6 Å². The molecule has 0 radical (unpaired) electrons. The van der Waals surface area contributed by atoms with Gasteiger partial charge in [-0.3, -0.25) is 4.79 Å². The largest absolute Gasteiger partial charge is 0.481 e. The van der Waals surface area contributed by atoms with Gasteiger partial charge in [-0.15, -0.1) is 0 Å². The molecule has 1 amide bonds. The smallest absolute Gasteiger partial charge is 0.260 e. The Balaban J connectivity index is 2.75. The number of nitrogens with one attached hydrogen (secondary N) is 1. The number of carbonyl (C=O) groups excluding carboxylic acids is 1. The molecule has 0 heterocycles. The van der Waals surface area contributed by atoms with E-state index in [1.54, 1.807) is 6.92 Å². The van der Waals surface area contributed by atoms with Crippen molar-refractivity contribution >= 4 is 5.91 Å². The Morgan fingerprint density at radius 2 is 1.95 bits per heavy atom. The van der Waals surface area contributed by atoms with E-state index in [2.05, 4.69) is 19.2 Å². The summed E-state index contributed by atoms with van der Waals surface area (Å²) in [5.74, 6) is 0.998. The summed E-state index contributed by atoms with van der Waals surface area (Å²) in [5, 5.41) is 2.87. The third-order valence-electron chi connectivity index (χ3n) is 3.01. The third kappa shape index (κ3) is 4.85. The first kappa shape index (κ1) is 16.5. The fourth-order valence-electron chi connectivity index (χ4n) is 1.82. The molecule has 0 aromatic heterocycles. The van der Waals surface area contributed by atoms with Gasteiger partial charge in [0.1, 0.15) is 5.75 Å². The summed E-state index contributed by atoms with van der Waals surface area (Å²) < 4.78 is 5.76. The standard InChI is InChI=1S/C16H26N2O2/c1-10(2)9-18-16(19)13(5)20-15-7-6-11(3)8-14(15)12(4)17/h6-8,10,12-13H,9,17H2,1-5H3,(H,18,19). The number of nitrogens with two attached hydrogens (primary N) is 1. The van der Waals surface area contributed by atoms with E-state index in [0.717, 1.165) is 11.1 Å². The highest BCUT2D eigenvalue weighted by Crippen LogP contribution is 2.25. The van der Waals surface area contributed by atoms with Crippen LogP contribution in [0.15, 0.2) is 18.2 Å². The Morgan fingerprint density at radius 1 is 1.30 bits per heavy atom. The minimum atomic E-state index is -0.533. The number of amides is 1. The van der Waals surface area contributed by atoms with Crippen molar-refractivity contribution in [2.45, 2.75) is 46.8 Å². The Hall–Kier alpha value is -1.55. The molecule has 0 saturated heterocycles. The van der Waals surface area contributed by atoms with Crippen molar-refractivity contribution in [3.63, 3.8) is 0 Å². The summed E-state index contributed by atoms with van der Waals surface area (Å²) in [6, 6.07) is 5.70. The molecular weight excluding hydrogens is 252 g/mol. The normalized spacial score (nSPS) is 13.9. The molecule has 4 heteroatoms. The molecule has 0 aliphatic carbocycles. The van der Waals surface area contributed by atoms with Gasteiger partial charge in [-0.25, -0.2) is 0 Å². The minimum absolute atomic E-state index is 0.102. The zero-order valence-electron chi connectivity index (χ0n) is 13.1. The van der Waals surface area contributed by atoms with Gasteiger partial charge in [-0.2, -0.15) is 0 Å². The van der Waals surface area contributed by atoms with E-state index in [1.165, 1.54) is 0 Å². The van der Waals surface area contributed by atoms with E-state index >= 15 is 0 Å². The molecule has 0 bridgehead atoms. The van der Waals surface area contributed by atoms with E-state index in [1.807, 2.05) is 32.0 Å². The molecular formula is C16H26N2O2. The number of ether oxygens (including phenoxy) is 1. The summed E-state index contributed by atoms with van der Waals surface area (Å²) in [5.41, 5.74) is 8.00. The Morgan fingerprint density at radius 3 is 2.50 bits per heavy atom. The topological polar surface area (TPSA) is 64.3 Å². The van der Waals surface area contributed by atoms with Crippen LogP contribution in [0, 0.1) is 12.8 Å². The van der Waals surface area contributed by atoms with E-state index < -0.39 is 6.10 Å². The van der Waals surface area contributed by atoms with Gasteiger partial charge in [0.15, 0.2) is 6.10 Å². The van der Waals surface area contributed by atoms with Crippen molar-refractivity contribution in [3.8, 4) is 5.75 Å². The first-order valence-electron chi connectivity index (χ1n) is 7.11. The van der Waals surface area contributed by atoms with Crippen LogP contribution in [0.3, 0.4) is 0 Å². The van der Waals surface area contributed by atoms with Crippen molar-refractivity contribution in [1.29, 1.82) is 0 Å². The van der Waals surface area contributed by atoms with Crippen molar-refractivity contribution in [2.24, 2.45) is 11.7 Å². The molecule has 20 heavy (non-hydrogen) atoms. The zero-order chi connectivity index (χ0) is 15.3. The molecule has 0 saturated carbocycles. The average molecular weight is 278 g/mol. The average Bonchev–Trinajstić information content (AvgIpc) is 2.37. The van der Waals surface area contributed by atoms with Gasteiger partial charge in [0, 0.05) is 18.2 Å². The van der Waals surface area contributed by atoms with Crippen LogP contribution < -0.4 is 15.8 Å². The monoisotopic (exact) mass is 278 g/mol. The first-order chi connectivity index (χ1) is 9.31. The van der Waals surface area contributed by atoms with Crippen molar-refractivity contribution in [3.05, 3.63) is 29.3 Å². The van der Waals surface area contributed by atoms with Gasteiger partial charge in [0.25, 0.3) is 5.91 Å². The lowest BCUT2D eigenvalue weighted by molar-refractivity contribution is -0.127. The molecule has 0 aliphatic heterocycles. The molecule has 112 valence electrons. The van der Waals surface area contributed by atoms with Crippen molar-refractivity contribution in [1.82, 2.24) is 5.32 Å². The molecule has 2 atom stereocenters. The number of benzene rings is 1. The second kappa shape index (κ2) is 7.29. The van der Waals surface area contributed by atoms with Gasteiger partial charge in [0.05, 0.1) is 0 Å². The van der Waals surface area contributed by atoms with Gasteiger partial charge >= 0.3 is 0 Å². The second-order valence-electron chi connectivity index (χ2n) is 5.73. The summed E-state index contributed by atoms with van der Waals surface area (Å²) in [4.78, 5) is 11.9. The SMILES string of the molecule is Cc1ccc(OC(C)C(=O)NCC(C)C)c(C(C)N)c1. The van der Waals surface area contributed by atoms with E-state index in [4.69, 9.17) is 10.5 Å². The summed E-state index contributed by atoms with van der Waals surface area (Å²) in [7, 11) is 0. The van der Waals surface area contributed by atoms with Crippen LogP contribution in [0.2, 0.25) is 0 Å². The van der Waals surface area contributed by atoms with Crippen LogP contribution in [0.1, 0.15) is 44.9 Å². The maximum Gasteiger partial charge on any atom is 0.260 e. The summed E-state index contributed by atoms with van der Waals surface area (Å²) >= 11 is 0. The quantitative estimate of drug-likeness (QED) is 0.840. The number of hydrogen-bond donors (Lipinski definition) is 2. The molecule has 3 N–H and O–H groups in total. The number of rotatable bonds is 6. The first-order valence-corrected chi connectivity index (χ1v) is 7.11. The summed E-state index contributed by atoms with van der Waals surface area (Å²) in [6.45, 7) is 10.4. The molecule has 1 rings (SSSR count). The molecule has 0 fully saturated rings. The Bertz CT molecular complexity index is 456. The van der Waals surface area contributed by atoms with Gasteiger partial charge in [-0.05, 0) is 32.8 Å².